The summed E-state index contributed by atoms with van der Waals surface area (Å²) in [6.07, 6.45) is 4.25. The quantitative estimate of drug-likeness (QED) is 0.597. The zero-order chi connectivity index (χ0) is 18.9. The van der Waals surface area contributed by atoms with Gasteiger partial charge < -0.3 is 9.64 Å². The van der Waals surface area contributed by atoms with Gasteiger partial charge in [-0.1, -0.05) is 24.3 Å². The number of ether oxygens (including phenoxy) is 1. The number of aromatic nitrogens is 4. The molecular weight excluding hydrogens is 354 g/mol. The molecule has 7 heteroatoms. The van der Waals surface area contributed by atoms with Gasteiger partial charge in [-0.3, -0.25) is 14.3 Å². The van der Waals surface area contributed by atoms with Crippen molar-refractivity contribution in [3.63, 3.8) is 0 Å². The molecule has 0 atom stereocenters. The second-order valence-corrected chi connectivity index (χ2v) is 6.78. The number of benzene rings is 1. The number of fused-ring (bicyclic) bond motifs is 2. The van der Waals surface area contributed by atoms with Gasteiger partial charge >= 0.3 is 0 Å². The van der Waals surface area contributed by atoms with E-state index in [2.05, 4.69) is 15.2 Å². The topological polar surface area (TPSA) is 75.5 Å². The maximum atomic E-state index is 13.1. The molecule has 140 valence electrons. The van der Waals surface area contributed by atoms with E-state index in [0.717, 1.165) is 34.8 Å². The molecule has 0 radical (unpaired) electrons. The molecule has 0 saturated heterocycles. The van der Waals surface area contributed by atoms with Crippen LogP contribution in [0, 0.1) is 0 Å². The smallest absolute Gasteiger partial charge is 0.272 e. The van der Waals surface area contributed by atoms with Crippen LogP contribution in [0.25, 0.3) is 5.65 Å². The van der Waals surface area contributed by atoms with Crippen LogP contribution in [0.2, 0.25) is 0 Å². The molecule has 4 heterocycles. The third-order valence-corrected chi connectivity index (χ3v) is 5.06. The lowest BCUT2D eigenvalue weighted by Gasteiger charge is -2.27. The maximum Gasteiger partial charge on any atom is 0.272 e. The first-order valence-electron chi connectivity index (χ1n) is 9.24. The number of imidazole rings is 1. The number of H-pyrrole nitrogens is 1. The number of carbonyl (C=O) groups excluding carboxylic acids is 1. The SMILES string of the molecule is O=C(c1cnc2ccccn12)N1CCc2[nH]nc(COc3ccccc3)c2C1. The van der Waals surface area contributed by atoms with Gasteiger partial charge in [-0.15, -0.1) is 0 Å². The van der Waals surface area contributed by atoms with Crippen molar-refractivity contribution in [3.05, 3.63) is 83.6 Å². The Morgan fingerprint density at radius 3 is 2.89 bits per heavy atom. The summed E-state index contributed by atoms with van der Waals surface area (Å²) < 4.78 is 7.67. The highest BCUT2D eigenvalue weighted by atomic mass is 16.5. The lowest BCUT2D eigenvalue weighted by atomic mass is 10.1. The Kier molecular flexibility index (Phi) is 4.05. The molecule has 0 saturated carbocycles. The highest BCUT2D eigenvalue weighted by Gasteiger charge is 2.27. The fourth-order valence-corrected chi connectivity index (χ4v) is 3.57. The molecule has 1 aliphatic rings. The first-order valence-corrected chi connectivity index (χ1v) is 9.24. The third kappa shape index (κ3) is 2.90. The van der Waals surface area contributed by atoms with E-state index in [9.17, 15) is 4.79 Å². The standard InChI is InChI=1S/C21H19N5O2/c27-21(19-12-22-20-8-4-5-10-26(19)20)25-11-9-17-16(13-25)18(24-23-17)14-28-15-6-2-1-3-7-15/h1-8,10,12H,9,11,13-14H2,(H,23,24). The fourth-order valence-electron chi connectivity index (χ4n) is 3.57. The molecule has 7 nitrogen and oxygen atoms in total. The van der Waals surface area contributed by atoms with Gasteiger partial charge in [0, 0.05) is 37.0 Å². The summed E-state index contributed by atoms with van der Waals surface area (Å²) in [5.41, 5.74) is 4.31. The van der Waals surface area contributed by atoms with Gasteiger partial charge in [0.1, 0.15) is 29.4 Å². The zero-order valence-corrected chi connectivity index (χ0v) is 15.2. The highest BCUT2D eigenvalue weighted by Crippen LogP contribution is 2.23. The Hall–Kier alpha value is -3.61. The molecule has 1 aliphatic heterocycles. The molecular formula is C21H19N5O2. The summed E-state index contributed by atoms with van der Waals surface area (Å²) in [4.78, 5) is 19.3. The van der Waals surface area contributed by atoms with Crippen LogP contribution in [0.3, 0.4) is 0 Å². The fraction of sp³-hybridized carbons (Fsp3) is 0.190. The molecule has 1 amide bonds. The molecule has 5 rings (SSSR count). The Morgan fingerprint density at radius 1 is 1.14 bits per heavy atom. The highest BCUT2D eigenvalue weighted by molar-refractivity contribution is 5.93. The minimum absolute atomic E-state index is 0.0273. The maximum absolute atomic E-state index is 13.1. The molecule has 28 heavy (non-hydrogen) atoms. The summed E-state index contributed by atoms with van der Waals surface area (Å²) in [6, 6.07) is 15.4. The van der Waals surface area contributed by atoms with Crippen LogP contribution < -0.4 is 4.74 Å². The number of nitrogens with zero attached hydrogens (tertiary/aromatic N) is 4. The van der Waals surface area contributed by atoms with Gasteiger partial charge in [-0.25, -0.2) is 4.98 Å². The number of aromatic amines is 1. The van der Waals surface area contributed by atoms with Crippen molar-refractivity contribution in [2.75, 3.05) is 6.54 Å². The van der Waals surface area contributed by atoms with Crippen LogP contribution in [0.4, 0.5) is 0 Å². The minimum Gasteiger partial charge on any atom is -0.487 e. The van der Waals surface area contributed by atoms with E-state index in [1.54, 1.807) is 6.20 Å². The van der Waals surface area contributed by atoms with Gasteiger partial charge in [0.25, 0.3) is 5.91 Å². The van der Waals surface area contributed by atoms with Crippen LogP contribution >= 0.6 is 0 Å². The van der Waals surface area contributed by atoms with Crippen LogP contribution in [0.5, 0.6) is 5.75 Å². The van der Waals surface area contributed by atoms with Gasteiger partial charge in [0.05, 0.1) is 6.20 Å². The lowest BCUT2D eigenvalue weighted by molar-refractivity contribution is 0.0726. The molecule has 0 spiro atoms. The Bertz CT molecular complexity index is 1130. The molecule has 0 aliphatic carbocycles. The number of rotatable bonds is 4. The summed E-state index contributed by atoms with van der Waals surface area (Å²) in [7, 11) is 0. The van der Waals surface area contributed by atoms with E-state index < -0.39 is 0 Å². The Morgan fingerprint density at radius 2 is 2.00 bits per heavy atom. The number of carbonyl (C=O) groups is 1. The van der Waals surface area contributed by atoms with E-state index in [0.29, 0.717) is 25.4 Å². The van der Waals surface area contributed by atoms with Crippen molar-refractivity contribution in [3.8, 4) is 5.75 Å². The van der Waals surface area contributed by atoms with Crippen molar-refractivity contribution in [2.24, 2.45) is 0 Å². The molecule has 1 N–H and O–H groups in total. The Labute approximate surface area is 161 Å². The van der Waals surface area contributed by atoms with Gasteiger partial charge in [-0.05, 0) is 24.3 Å². The average Bonchev–Trinajstić information content (AvgIpc) is 3.36. The van der Waals surface area contributed by atoms with Crippen LogP contribution in [-0.2, 0) is 19.6 Å². The summed E-state index contributed by atoms with van der Waals surface area (Å²) in [6.45, 7) is 1.53. The number of pyridine rings is 1. The summed E-state index contributed by atoms with van der Waals surface area (Å²) >= 11 is 0. The molecule has 1 aromatic carbocycles. The van der Waals surface area contributed by atoms with Crippen molar-refractivity contribution < 1.29 is 9.53 Å². The normalized spacial score (nSPS) is 13.5. The first kappa shape index (κ1) is 16.6. The van der Waals surface area contributed by atoms with Crippen molar-refractivity contribution in [1.29, 1.82) is 0 Å². The Balaban J connectivity index is 1.36. The number of para-hydroxylation sites is 1. The predicted molar refractivity (Wildman–Crippen MR) is 103 cm³/mol. The summed E-state index contributed by atoms with van der Waals surface area (Å²) in [5.74, 6) is 0.772. The van der Waals surface area contributed by atoms with Crippen LogP contribution in [0.1, 0.15) is 27.4 Å². The van der Waals surface area contributed by atoms with Crippen LogP contribution in [0.15, 0.2) is 60.9 Å². The second-order valence-electron chi connectivity index (χ2n) is 6.78. The van der Waals surface area contributed by atoms with Gasteiger partial charge in [0.15, 0.2) is 0 Å². The number of hydrogen-bond acceptors (Lipinski definition) is 4. The lowest BCUT2D eigenvalue weighted by Crippen LogP contribution is -2.36. The minimum atomic E-state index is -0.0273. The first-order chi connectivity index (χ1) is 13.8. The number of amides is 1. The zero-order valence-electron chi connectivity index (χ0n) is 15.2. The predicted octanol–water partition coefficient (Wildman–Crippen LogP) is 2.83. The van der Waals surface area contributed by atoms with Crippen molar-refractivity contribution in [2.45, 2.75) is 19.6 Å². The molecule has 4 aromatic rings. The van der Waals surface area contributed by atoms with Crippen molar-refractivity contribution in [1.82, 2.24) is 24.5 Å². The van der Waals surface area contributed by atoms with E-state index >= 15 is 0 Å². The van der Waals surface area contributed by atoms with E-state index in [1.807, 2.05) is 64.0 Å². The molecule has 3 aromatic heterocycles. The van der Waals surface area contributed by atoms with E-state index in [-0.39, 0.29) is 5.91 Å². The number of hydrogen-bond donors (Lipinski definition) is 1. The third-order valence-electron chi connectivity index (χ3n) is 5.06. The molecule has 0 unspecified atom stereocenters. The monoisotopic (exact) mass is 373 g/mol. The summed E-state index contributed by atoms with van der Waals surface area (Å²) in [5, 5.41) is 7.51. The molecule has 0 fully saturated rings. The van der Waals surface area contributed by atoms with Crippen molar-refractivity contribution >= 4 is 11.6 Å². The van der Waals surface area contributed by atoms with E-state index in [4.69, 9.17) is 4.74 Å². The number of nitrogens with one attached hydrogen (secondary N) is 1. The van der Waals surface area contributed by atoms with Gasteiger partial charge in [0.2, 0.25) is 0 Å². The second kappa shape index (κ2) is 6.84. The largest absolute Gasteiger partial charge is 0.487 e. The van der Waals surface area contributed by atoms with Crippen LogP contribution in [-0.4, -0.2) is 36.9 Å². The van der Waals surface area contributed by atoms with Gasteiger partial charge in [-0.2, -0.15) is 5.10 Å². The van der Waals surface area contributed by atoms with E-state index in [1.165, 1.54) is 0 Å². The molecule has 0 bridgehead atoms. The average molecular weight is 373 g/mol.